The van der Waals surface area contributed by atoms with E-state index in [0.717, 1.165) is 22.4 Å². The van der Waals surface area contributed by atoms with Gasteiger partial charge < -0.3 is 4.74 Å². The van der Waals surface area contributed by atoms with Gasteiger partial charge in [-0.25, -0.2) is 5.01 Å². The fourth-order valence-corrected chi connectivity index (χ4v) is 4.92. The van der Waals surface area contributed by atoms with Crippen LogP contribution in [0.2, 0.25) is 0 Å². The van der Waals surface area contributed by atoms with Gasteiger partial charge in [0.25, 0.3) is 0 Å². The molecule has 0 bridgehead atoms. The predicted octanol–water partition coefficient (Wildman–Crippen LogP) is 4.64. The van der Waals surface area contributed by atoms with E-state index in [1.54, 1.807) is 7.11 Å². The molecule has 2 saturated heterocycles. The van der Waals surface area contributed by atoms with E-state index in [2.05, 4.69) is 12.1 Å². The largest absolute Gasteiger partial charge is 0.497 e. The lowest BCUT2D eigenvalue weighted by Gasteiger charge is -2.46. The van der Waals surface area contributed by atoms with E-state index in [4.69, 9.17) is 4.74 Å². The van der Waals surface area contributed by atoms with Crippen LogP contribution < -0.4 is 4.74 Å². The first kappa shape index (κ1) is 19.5. The minimum atomic E-state index is -0.184. The quantitative estimate of drug-likeness (QED) is 0.586. The van der Waals surface area contributed by atoms with Crippen LogP contribution in [0.25, 0.3) is 0 Å². The van der Waals surface area contributed by atoms with Crippen molar-refractivity contribution in [3.8, 4) is 5.75 Å². The summed E-state index contributed by atoms with van der Waals surface area (Å²) in [5.74, 6) is 0.377. The van der Waals surface area contributed by atoms with Gasteiger partial charge in [-0.05, 0) is 28.8 Å². The van der Waals surface area contributed by atoms with E-state index in [-0.39, 0.29) is 36.2 Å². The Bertz CT molecular complexity index is 1100. The zero-order valence-electron chi connectivity index (χ0n) is 17.3. The number of hydrazine groups is 1. The lowest BCUT2D eigenvalue weighted by Crippen LogP contribution is -2.52. The number of amides is 2. The highest BCUT2D eigenvalue weighted by Gasteiger charge is 2.52. The molecule has 5 rings (SSSR count). The summed E-state index contributed by atoms with van der Waals surface area (Å²) < 4.78 is 5.44. The van der Waals surface area contributed by atoms with Gasteiger partial charge >= 0.3 is 0 Å². The van der Waals surface area contributed by atoms with Crippen molar-refractivity contribution in [1.29, 1.82) is 0 Å². The Morgan fingerprint density at radius 1 is 0.742 bits per heavy atom. The highest BCUT2D eigenvalue weighted by Crippen LogP contribution is 2.50. The van der Waals surface area contributed by atoms with Crippen LogP contribution in [0.3, 0.4) is 0 Å². The second-order valence-corrected chi connectivity index (χ2v) is 8.05. The molecule has 0 unspecified atom stereocenters. The molecule has 2 heterocycles. The van der Waals surface area contributed by atoms with Crippen LogP contribution in [0.4, 0.5) is 0 Å². The van der Waals surface area contributed by atoms with E-state index < -0.39 is 0 Å². The van der Waals surface area contributed by atoms with Gasteiger partial charge in [0.05, 0.1) is 25.6 Å². The maximum absolute atomic E-state index is 13.2. The van der Waals surface area contributed by atoms with Gasteiger partial charge in [0.2, 0.25) is 11.8 Å². The fourth-order valence-electron chi connectivity index (χ4n) is 4.92. The predicted molar refractivity (Wildman–Crippen MR) is 117 cm³/mol. The molecule has 3 atom stereocenters. The molecule has 5 nitrogen and oxygen atoms in total. The Kier molecular flexibility index (Phi) is 5.04. The van der Waals surface area contributed by atoms with Gasteiger partial charge in [-0.1, -0.05) is 72.8 Å². The molecule has 156 valence electrons. The molecule has 0 saturated carbocycles. The summed E-state index contributed by atoms with van der Waals surface area (Å²) in [6.07, 6.45) is 0.570. The Morgan fingerprint density at radius 3 is 2.03 bits per heavy atom. The lowest BCUT2D eigenvalue weighted by atomic mass is 9.81. The molecule has 3 aromatic rings. The molecular formula is C26H24N2O3. The molecule has 5 heteroatoms. The molecule has 31 heavy (non-hydrogen) atoms. The number of hydrogen-bond acceptors (Lipinski definition) is 4. The number of hydrogen-bond donors (Lipinski definition) is 0. The van der Waals surface area contributed by atoms with E-state index in [0.29, 0.717) is 6.42 Å². The molecule has 0 spiro atoms. The van der Waals surface area contributed by atoms with Gasteiger partial charge in [0, 0.05) is 12.3 Å². The Balaban J connectivity index is 1.66. The van der Waals surface area contributed by atoms with Crippen molar-refractivity contribution in [3.05, 3.63) is 102 Å². The van der Waals surface area contributed by atoms with Crippen molar-refractivity contribution in [2.24, 2.45) is 0 Å². The summed E-state index contributed by atoms with van der Waals surface area (Å²) >= 11 is 0. The molecule has 0 radical (unpaired) electrons. The molecular weight excluding hydrogens is 388 g/mol. The highest BCUT2D eigenvalue weighted by molar-refractivity contribution is 5.97. The van der Waals surface area contributed by atoms with E-state index in [1.165, 1.54) is 5.01 Å². The Labute approximate surface area is 181 Å². The molecule has 0 aliphatic carbocycles. The first-order valence-electron chi connectivity index (χ1n) is 10.5. The lowest BCUT2D eigenvalue weighted by molar-refractivity contribution is -0.170. The number of ether oxygens (including phenoxy) is 1. The van der Waals surface area contributed by atoms with E-state index >= 15 is 0 Å². The SMILES string of the molecule is COc1cccc([C@@H]2CC(=O)N3C(=O)C[C@H](c4ccccc4)N3[C@@H]2c2ccccc2)c1. The average molecular weight is 412 g/mol. The number of nitrogens with zero attached hydrogens (tertiary/aromatic N) is 2. The standard InChI is InChI=1S/C26H24N2O3/c1-31-21-14-8-13-20(15-21)22-16-24(29)28-25(30)17-23(18-9-4-2-5-10-18)27(28)26(22)19-11-6-3-7-12-19/h2-15,22-23,26H,16-17H2,1H3/t22-,23+,26+/m0/s1. The zero-order valence-corrected chi connectivity index (χ0v) is 17.3. The molecule has 2 amide bonds. The van der Waals surface area contributed by atoms with Crippen molar-refractivity contribution in [2.45, 2.75) is 30.8 Å². The highest BCUT2D eigenvalue weighted by atomic mass is 16.5. The molecule has 2 fully saturated rings. The number of methoxy groups -OCH3 is 1. The van der Waals surface area contributed by atoms with Crippen LogP contribution in [0, 0.1) is 0 Å². The minimum Gasteiger partial charge on any atom is -0.497 e. The van der Waals surface area contributed by atoms with Gasteiger partial charge in [0.15, 0.2) is 0 Å². The number of fused-ring (bicyclic) bond motifs is 1. The van der Waals surface area contributed by atoms with Crippen molar-refractivity contribution in [3.63, 3.8) is 0 Å². The number of rotatable bonds is 4. The van der Waals surface area contributed by atoms with Crippen LogP contribution in [-0.2, 0) is 9.59 Å². The number of carbonyl (C=O) groups excluding carboxylic acids is 2. The third kappa shape index (κ3) is 3.41. The minimum absolute atomic E-state index is 0.0987. The van der Waals surface area contributed by atoms with E-state index in [1.807, 2.05) is 77.8 Å². The van der Waals surface area contributed by atoms with Crippen molar-refractivity contribution >= 4 is 11.8 Å². The fraction of sp³-hybridized carbons (Fsp3) is 0.231. The zero-order chi connectivity index (χ0) is 21.4. The summed E-state index contributed by atoms with van der Waals surface area (Å²) in [4.78, 5) is 26.2. The van der Waals surface area contributed by atoms with Crippen LogP contribution >= 0.6 is 0 Å². The van der Waals surface area contributed by atoms with Gasteiger partial charge in [0.1, 0.15) is 5.75 Å². The topological polar surface area (TPSA) is 49.9 Å². The Hall–Kier alpha value is -3.44. The summed E-state index contributed by atoms with van der Waals surface area (Å²) in [5, 5.41) is 3.41. The number of benzene rings is 3. The third-order valence-corrected chi connectivity index (χ3v) is 6.30. The van der Waals surface area contributed by atoms with E-state index in [9.17, 15) is 9.59 Å². The van der Waals surface area contributed by atoms with Gasteiger partial charge in [-0.3, -0.25) is 9.59 Å². The first-order chi connectivity index (χ1) is 15.2. The summed E-state index contributed by atoms with van der Waals surface area (Å²) in [5.41, 5.74) is 3.16. The first-order valence-corrected chi connectivity index (χ1v) is 10.5. The second kappa shape index (κ2) is 8.00. The van der Waals surface area contributed by atoms with Gasteiger partial charge in [-0.2, -0.15) is 5.01 Å². The maximum atomic E-state index is 13.2. The van der Waals surface area contributed by atoms with Crippen molar-refractivity contribution in [1.82, 2.24) is 10.0 Å². The second-order valence-electron chi connectivity index (χ2n) is 8.05. The monoisotopic (exact) mass is 412 g/mol. The molecule has 0 aromatic heterocycles. The number of carbonyl (C=O) groups is 2. The van der Waals surface area contributed by atoms with Crippen molar-refractivity contribution in [2.75, 3.05) is 7.11 Å². The smallest absolute Gasteiger partial charge is 0.245 e. The summed E-state index contributed by atoms with van der Waals surface area (Å²) in [7, 11) is 1.64. The van der Waals surface area contributed by atoms with Crippen LogP contribution in [-0.4, -0.2) is 28.9 Å². The third-order valence-electron chi connectivity index (χ3n) is 6.30. The average Bonchev–Trinajstić information content (AvgIpc) is 3.18. The summed E-state index contributed by atoms with van der Waals surface area (Å²) in [6.45, 7) is 0. The molecule has 2 aliphatic rings. The van der Waals surface area contributed by atoms with Crippen LogP contribution in [0.15, 0.2) is 84.9 Å². The van der Waals surface area contributed by atoms with Crippen LogP contribution in [0.1, 0.15) is 47.5 Å². The van der Waals surface area contributed by atoms with Crippen LogP contribution in [0.5, 0.6) is 5.75 Å². The molecule has 3 aromatic carbocycles. The summed E-state index contributed by atoms with van der Waals surface area (Å²) in [6, 6.07) is 27.7. The molecule has 2 aliphatic heterocycles. The number of imide groups is 1. The van der Waals surface area contributed by atoms with Crippen molar-refractivity contribution < 1.29 is 14.3 Å². The maximum Gasteiger partial charge on any atom is 0.245 e. The Morgan fingerprint density at radius 2 is 1.35 bits per heavy atom. The normalized spacial score (nSPS) is 23.6. The molecule has 0 N–H and O–H groups in total. The van der Waals surface area contributed by atoms with Gasteiger partial charge in [-0.15, -0.1) is 0 Å².